The first-order valence-electron chi connectivity index (χ1n) is 7.48. The van der Waals surface area contributed by atoms with Gasteiger partial charge in [0.2, 0.25) is 0 Å². The monoisotopic (exact) mass is 299 g/mol. The molecule has 0 aromatic carbocycles. The summed E-state index contributed by atoms with van der Waals surface area (Å²) in [5, 5.41) is 5.23. The van der Waals surface area contributed by atoms with Crippen molar-refractivity contribution >= 4 is 11.6 Å². The van der Waals surface area contributed by atoms with Gasteiger partial charge in [-0.15, -0.1) is 0 Å². The maximum atomic E-state index is 6.46. The fourth-order valence-electron chi connectivity index (χ4n) is 3.43. The molecule has 0 spiro atoms. The van der Waals surface area contributed by atoms with Crippen molar-refractivity contribution in [2.45, 2.75) is 58.8 Å². The highest BCUT2D eigenvalue weighted by Gasteiger charge is 2.40. The van der Waals surface area contributed by atoms with Gasteiger partial charge in [0.15, 0.2) is 0 Å². The summed E-state index contributed by atoms with van der Waals surface area (Å²) in [7, 11) is 1.94. The molecule has 5 atom stereocenters. The fraction of sp³-hybridized carbons (Fsp3) is 0.800. The summed E-state index contributed by atoms with van der Waals surface area (Å²) >= 11 is 6.41. The normalized spacial score (nSPS) is 31.8. The van der Waals surface area contributed by atoms with Crippen LogP contribution in [0.1, 0.15) is 39.1 Å². The van der Waals surface area contributed by atoms with Gasteiger partial charge >= 0.3 is 0 Å². The van der Waals surface area contributed by atoms with E-state index in [-0.39, 0.29) is 18.2 Å². The topological polar surface area (TPSA) is 53.1 Å². The van der Waals surface area contributed by atoms with Gasteiger partial charge in [0.1, 0.15) is 0 Å². The lowest BCUT2D eigenvalue weighted by Gasteiger charge is -2.25. The molecule has 2 rings (SSSR count). The Kier molecular flexibility index (Phi) is 4.77. The second-order valence-corrected chi connectivity index (χ2v) is 6.41. The summed E-state index contributed by atoms with van der Waals surface area (Å²) in [6, 6.07) is 0.0440. The molecule has 2 heterocycles. The highest BCUT2D eigenvalue weighted by Crippen LogP contribution is 2.35. The number of nitrogens with zero attached hydrogens (tertiary/aromatic N) is 2. The van der Waals surface area contributed by atoms with Crippen LogP contribution in [0.3, 0.4) is 0 Å². The highest BCUT2D eigenvalue weighted by molar-refractivity contribution is 6.31. The minimum absolute atomic E-state index is 0.0440. The van der Waals surface area contributed by atoms with Crippen molar-refractivity contribution in [1.82, 2.24) is 9.78 Å². The van der Waals surface area contributed by atoms with Crippen LogP contribution >= 0.6 is 11.6 Å². The predicted molar refractivity (Wildman–Crippen MR) is 81.9 cm³/mol. The Labute approximate surface area is 126 Å². The molecule has 0 amide bonds. The number of hydrogen-bond donors (Lipinski definition) is 1. The summed E-state index contributed by atoms with van der Waals surface area (Å²) in [6.45, 7) is 8.53. The average Bonchev–Trinajstić information content (AvgIpc) is 2.79. The van der Waals surface area contributed by atoms with E-state index in [2.05, 4.69) is 32.8 Å². The molecular weight excluding hydrogens is 274 g/mol. The number of aromatic nitrogens is 2. The Bertz CT molecular complexity index is 474. The first-order chi connectivity index (χ1) is 9.36. The minimum atomic E-state index is 0.0440. The number of ether oxygens (including phenoxy) is 1. The molecule has 0 aliphatic carbocycles. The van der Waals surface area contributed by atoms with Gasteiger partial charge in [-0.1, -0.05) is 25.4 Å². The van der Waals surface area contributed by atoms with E-state index in [4.69, 9.17) is 22.1 Å². The van der Waals surface area contributed by atoms with Gasteiger partial charge in [0, 0.05) is 25.4 Å². The third kappa shape index (κ3) is 2.74. The van der Waals surface area contributed by atoms with Crippen molar-refractivity contribution in [3.05, 3.63) is 16.4 Å². The number of hydrogen-bond acceptors (Lipinski definition) is 3. The zero-order chi connectivity index (χ0) is 15.0. The van der Waals surface area contributed by atoms with Crippen LogP contribution in [-0.2, 0) is 24.6 Å². The molecule has 0 saturated carbocycles. The minimum Gasteiger partial charge on any atom is -0.375 e. The van der Waals surface area contributed by atoms with E-state index >= 15 is 0 Å². The maximum absolute atomic E-state index is 6.46. The molecule has 2 N–H and O–H groups in total. The van der Waals surface area contributed by atoms with Crippen LogP contribution in [0.15, 0.2) is 0 Å². The van der Waals surface area contributed by atoms with Crippen molar-refractivity contribution in [2.75, 3.05) is 0 Å². The van der Waals surface area contributed by atoms with E-state index in [1.807, 2.05) is 11.7 Å². The number of nitrogens with two attached hydrogens (primary N) is 1. The van der Waals surface area contributed by atoms with Gasteiger partial charge in [-0.25, -0.2) is 0 Å². The van der Waals surface area contributed by atoms with E-state index in [1.165, 1.54) is 0 Å². The molecule has 1 aromatic heterocycles. The number of halogens is 1. The molecule has 0 radical (unpaired) electrons. The van der Waals surface area contributed by atoms with Crippen LogP contribution in [0.25, 0.3) is 0 Å². The summed E-state index contributed by atoms with van der Waals surface area (Å²) in [5.41, 5.74) is 8.45. The molecule has 1 aliphatic rings. The van der Waals surface area contributed by atoms with E-state index in [0.717, 1.165) is 29.3 Å². The second kappa shape index (κ2) is 6.04. The maximum Gasteiger partial charge on any atom is 0.0850 e. The van der Waals surface area contributed by atoms with Crippen LogP contribution in [0.5, 0.6) is 0 Å². The summed E-state index contributed by atoms with van der Waals surface area (Å²) in [5.74, 6) is 0.832. The van der Waals surface area contributed by atoms with Crippen LogP contribution in [0.2, 0.25) is 5.02 Å². The molecule has 1 fully saturated rings. The summed E-state index contributed by atoms with van der Waals surface area (Å²) < 4.78 is 7.77. The third-order valence-electron chi connectivity index (χ3n) is 4.75. The molecule has 1 aromatic rings. The predicted octanol–water partition coefficient (Wildman–Crippen LogP) is 2.57. The van der Waals surface area contributed by atoms with Crippen molar-refractivity contribution in [3.8, 4) is 0 Å². The van der Waals surface area contributed by atoms with Gasteiger partial charge in [0.05, 0.1) is 28.6 Å². The SMILES string of the molecule is CCc1nn(C)c(CC(N)C2C(C)OC(C)C2C)c1Cl. The van der Waals surface area contributed by atoms with Gasteiger partial charge in [0.25, 0.3) is 0 Å². The number of aryl methyl sites for hydroxylation is 2. The van der Waals surface area contributed by atoms with Crippen molar-refractivity contribution in [2.24, 2.45) is 24.6 Å². The van der Waals surface area contributed by atoms with Crippen LogP contribution in [0.4, 0.5) is 0 Å². The lowest BCUT2D eigenvalue weighted by molar-refractivity contribution is 0.0489. The van der Waals surface area contributed by atoms with Gasteiger partial charge in [-0.3, -0.25) is 4.68 Å². The summed E-state index contributed by atoms with van der Waals surface area (Å²) in [6.07, 6.45) is 2.07. The highest BCUT2D eigenvalue weighted by atomic mass is 35.5. The average molecular weight is 300 g/mol. The lowest BCUT2D eigenvalue weighted by Crippen LogP contribution is -2.39. The Balaban J connectivity index is 2.16. The Morgan fingerprint density at radius 1 is 1.35 bits per heavy atom. The standard InChI is InChI=1S/C15H26ClN3O/c1-6-12-15(16)13(19(5)18-12)7-11(17)14-8(2)9(3)20-10(14)4/h8-11,14H,6-7,17H2,1-5H3. The first kappa shape index (κ1) is 15.8. The van der Waals surface area contributed by atoms with E-state index in [0.29, 0.717) is 11.8 Å². The molecule has 5 unspecified atom stereocenters. The van der Waals surface area contributed by atoms with Crippen LogP contribution in [0, 0.1) is 11.8 Å². The lowest BCUT2D eigenvalue weighted by atomic mass is 9.82. The molecule has 4 nitrogen and oxygen atoms in total. The largest absolute Gasteiger partial charge is 0.375 e. The molecular formula is C15H26ClN3O. The van der Waals surface area contributed by atoms with E-state index in [1.54, 1.807) is 0 Å². The Morgan fingerprint density at radius 2 is 2.00 bits per heavy atom. The molecule has 20 heavy (non-hydrogen) atoms. The van der Waals surface area contributed by atoms with Crippen molar-refractivity contribution in [3.63, 3.8) is 0 Å². The first-order valence-corrected chi connectivity index (χ1v) is 7.85. The van der Waals surface area contributed by atoms with E-state index in [9.17, 15) is 0 Å². The van der Waals surface area contributed by atoms with Crippen molar-refractivity contribution < 1.29 is 4.74 Å². The van der Waals surface area contributed by atoms with Gasteiger partial charge < -0.3 is 10.5 Å². The van der Waals surface area contributed by atoms with Crippen molar-refractivity contribution in [1.29, 1.82) is 0 Å². The molecule has 1 aliphatic heterocycles. The quantitative estimate of drug-likeness (QED) is 0.929. The van der Waals surface area contributed by atoms with Gasteiger partial charge in [-0.2, -0.15) is 5.10 Å². The zero-order valence-electron chi connectivity index (χ0n) is 13.1. The van der Waals surface area contributed by atoms with Crippen LogP contribution < -0.4 is 5.73 Å². The molecule has 5 heteroatoms. The summed E-state index contributed by atoms with van der Waals surface area (Å²) in [4.78, 5) is 0. The third-order valence-corrected chi connectivity index (χ3v) is 5.18. The fourth-order valence-corrected chi connectivity index (χ4v) is 3.80. The van der Waals surface area contributed by atoms with E-state index < -0.39 is 0 Å². The van der Waals surface area contributed by atoms with Gasteiger partial charge in [-0.05, 0) is 26.2 Å². The zero-order valence-corrected chi connectivity index (χ0v) is 13.8. The molecule has 114 valence electrons. The molecule has 1 saturated heterocycles. The van der Waals surface area contributed by atoms with Crippen LogP contribution in [-0.4, -0.2) is 28.0 Å². The Hall–Kier alpha value is -0.580. The smallest absolute Gasteiger partial charge is 0.0850 e. The second-order valence-electron chi connectivity index (χ2n) is 6.04. The Morgan fingerprint density at radius 3 is 2.45 bits per heavy atom. The molecule has 0 bridgehead atoms. The number of rotatable bonds is 4.